The van der Waals surface area contributed by atoms with Crippen LogP contribution in [0.2, 0.25) is 0 Å². The molecule has 0 amide bonds. The molecule has 1 aliphatic carbocycles. The number of hydrogen-bond acceptors (Lipinski definition) is 5. The number of aromatic nitrogens is 2. The van der Waals surface area contributed by atoms with Gasteiger partial charge < -0.3 is 15.7 Å². The van der Waals surface area contributed by atoms with Crippen molar-refractivity contribution in [2.45, 2.75) is 31.8 Å². The molecule has 0 bridgehead atoms. The first kappa shape index (κ1) is 11.3. The lowest BCUT2D eigenvalue weighted by atomic mass is 9.91. The molecule has 2 rings (SSSR count). The molecule has 5 nitrogen and oxygen atoms in total. The number of nitrogens with zero attached hydrogens (tertiary/aromatic N) is 3. The van der Waals surface area contributed by atoms with E-state index in [0.29, 0.717) is 19.1 Å². The van der Waals surface area contributed by atoms with Gasteiger partial charge in [-0.15, -0.1) is 5.10 Å². The third-order valence-electron chi connectivity index (χ3n) is 3.13. The molecule has 1 fully saturated rings. The number of rotatable bonds is 5. The average molecular weight is 222 g/mol. The van der Waals surface area contributed by atoms with Crippen LogP contribution in [-0.4, -0.2) is 34.5 Å². The lowest BCUT2D eigenvalue weighted by molar-refractivity contribution is 0.282. The van der Waals surface area contributed by atoms with Gasteiger partial charge in [-0.25, -0.2) is 0 Å². The maximum Gasteiger partial charge on any atom is 0.156 e. The lowest BCUT2D eigenvalue weighted by Gasteiger charge is -2.38. The second-order valence-corrected chi connectivity index (χ2v) is 4.09. The topological polar surface area (TPSA) is 75.3 Å². The Hall–Kier alpha value is -1.20. The maximum atomic E-state index is 9.11. The molecule has 0 aromatic carbocycles. The van der Waals surface area contributed by atoms with Crippen LogP contribution in [0.1, 0.15) is 24.8 Å². The van der Waals surface area contributed by atoms with Crippen molar-refractivity contribution in [3.05, 3.63) is 17.8 Å². The van der Waals surface area contributed by atoms with Crippen LogP contribution in [0.15, 0.2) is 12.3 Å². The summed E-state index contributed by atoms with van der Waals surface area (Å²) in [6, 6.07) is 2.39. The molecule has 1 aliphatic rings. The van der Waals surface area contributed by atoms with Gasteiger partial charge in [0.25, 0.3) is 0 Å². The van der Waals surface area contributed by atoms with E-state index in [0.717, 1.165) is 11.4 Å². The van der Waals surface area contributed by atoms with Crippen LogP contribution in [0.5, 0.6) is 0 Å². The zero-order valence-electron chi connectivity index (χ0n) is 9.34. The van der Waals surface area contributed by atoms with Gasteiger partial charge >= 0.3 is 0 Å². The minimum atomic E-state index is 0.136. The Morgan fingerprint density at radius 3 is 2.88 bits per heavy atom. The Bertz CT molecular complexity index is 341. The van der Waals surface area contributed by atoms with E-state index >= 15 is 0 Å². The van der Waals surface area contributed by atoms with E-state index in [4.69, 9.17) is 10.8 Å². The highest BCUT2D eigenvalue weighted by molar-refractivity contribution is 5.47. The normalized spacial score (nSPS) is 15.9. The van der Waals surface area contributed by atoms with Gasteiger partial charge in [0.15, 0.2) is 5.82 Å². The Morgan fingerprint density at radius 2 is 2.31 bits per heavy atom. The predicted octanol–water partition coefficient (Wildman–Crippen LogP) is 0.286. The van der Waals surface area contributed by atoms with E-state index in [-0.39, 0.29) is 6.61 Å². The molecular weight excluding hydrogens is 204 g/mol. The quantitative estimate of drug-likeness (QED) is 0.748. The van der Waals surface area contributed by atoms with Crippen molar-refractivity contribution < 1.29 is 5.11 Å². The van der Waals surface area contributed by atoms with Crippen LogP contribution in [0.3, 0.4) is 0 Å². The standard InChI is InChI=1S/C11H18N4O/c12-8-9-4-5-13-14-11(9)15(6-7-16)10-2-1-3-10/h4-5,10,16H,1-3,6-8,12H2. The SMILES string of the molecule is NCc1ccnnc1N(CCO)C1CCC1. The summed E-state index contributed by atoms with van der Waals surface area (Å²) in [6.45, 7) is 1.20. The highest BCUT2D eigenvalue weighted by Gasteiger charge is 2.27. The van der Waals surface area contributed by atoms with Crippen LogP contribution < -0.4 is 10.6 Å². The molecule has 0 aliphatic heterocycles. The van der Waals surface area contributed by atoms with Crippen LogP contribution in [0.4, 0.5) is 5.82 Å². The number of aliphatic hydroxyl groups excluding tert-OH is 1. The van der Waals surface area contributed by atoms with E-state index in [1.54, 1.807) is 6.20 Å². The summed E-state index contributed by atoms with van der Waals surface area (Å²) in [5.41, 5.74) is 6.68. The molecule has 5 heteroatoms. The molecule has 1 aromatic rings. The summed E-state index contributed by atoms with van der Waals surface area (Å²) in [5, 5.41) is 17.2. The number of hydrogen-bond donors (Lipinski definition) is 2. The highest BCUT2D eigenvalue weighted by Crippen LogP contribution is 2.29. The molecule has 3 N–H and O–H groups in total. The van der Waals surface area contributed by atoms with Gasteiger partial charge in [0.1, 0.15) is 0 Å². The molecule has 0 unspecified atom stereocenters. The third kappa shape index (κ3) is 2.15. The van der Waals surface area contributed by atoms with Crippen molar-refractivity contribution in [1.82, 2.24) is 10.2 Å². The van der Waals surface area contributed by atoms with E-state index in [1.807, 2.05) is 6.07 Å². The van der Waals surface area contributed by atoms with Gasteiger partial charge in [-0.05, 0) is 25.3 Å². The zero-order valence-corrected chi connectivity index (χ0v) is 9.34. The maximum absolute atomic E-state index is 9.11. The molecular formula is C11H18N4O. The van der Waals surface area contributed by atoms with Gasteiger partial charge in [-0.2, -0.15) is 5.10 Å². The molecule has 1 heterocycles. The first-order chi connectivity index (χ1) is 7.86. The fourth-order valence-corrected chi connectivity index (χ4v) is 2.02. The Kier molecular flexibility index (Phi) is 3.69. The molecule has 1 aromatic heterocycles. The van der Waals surface area contributed by atoms with Gasteiger partial charge in [0, 0.05) is 24.7 Å². The monoisotopic (exact) mass is 222 g/mol. The fourth-order valence-electron chi connectivity index (χ4n) is 2.02. The van der Waals surface area contributed by atoms with Crippen LogP contribution in [-0.2, 0) is 6.54 Å². The fraction of sp³-hybridized carbons (Fsp3) is 0.636. The van der Waals surface area contributed by atoms with Gasteiger partial charge in [-0.1, -0.05) is 0 Å². The minimum Gasteiger partial charge on any atom is -0.395 e. The number of nitrogens with two attached hydrogens (primary N) is 1. The van der Waals surface area contributed by atoms with E-state index in [1.165, 1.54) is 19.3 Å². The summed E-state index contributed by atoms with van der Waals surface area (Å²) in [4.78, 5) is 2.14. The summed E-state index contributed by atoms with van der Waals surface area (Å²) in [7, 11) is 0. The largest absolute Gasteiger partial charge is 0.395 e. The summed E-state index contributed by atoms with van der Waals surface area (Å²) in [5.74, 6) is 0.837. The highest BCUT2D eigenvalue weighted by atomic mass is 16.3. The lowest BCUT2D eigenvalue weighted by Crippen LogP contribution is -2.43. The summed E-state index contributed by atoms with van der Waals surface area (Å²) in [6.07, 6.45) is 5.25. The smallest absolute Gasteiger partial charge is 0.156 e. The van der Waals surface area contributed by atoms with Gasteiger partial charge in [0.05, 0.1) is 12.8 Å². The molecule has 0 spiro atoms. The zero-order chi connectivity index (χ0) is 11.4. The third-order valence-corrected chi connectivity index (χ3v) is 3.13. The van der Waals surface area contributed by atoms with Crippen LogP contribution in [0, 0.1) is 0 Å². The molecule has 88 valence electrons. The Labute approximate surface area is 95.3 Å². The van der Waals surface area contributed by atoms with E-state index in [9.17, 15) is 0 Å². The predicted molar refractivity (Wildman–Crippen MR) is 62.0 cm³/mol. The molecule has 1 saturated carbocycles. The number of anilines is 1. The first-order valence-corrected chi connectivity index (χ1v) is 5.75. The van der Waals surface area contributed by atoms with Gasteiger partial charge in [0.2, 0.25) is 0 Å². The average Bonchev–Trinajstić information content (AvgIpc) is 2.26. The molecule has 16 heavy (non-hydrogen) atoms. The van der Waals surface area contributed by atoms with Gasteiger partial charge in [-0.3, -0.25) is 0 Å². The molecule has 0 atom stereocenters. The number of aliphatic hydroxyl groups is 1. The van der Waals surface area contributed by atoms with Crippen molar-refractivity contribution in [3.8, 4) is 0 Å². The van der Waals surface area contributed by atoms with Crippen molar-refractivity contribution in [2.24, 2.45) is 5.73 Å². The first-order valence-electron chi connectivity index (χ1n) is 5.75. The molecule has 0 saturated heterocycles. The second-order valence-electron chi connectivity index (χ2n) is 4.09. The van der Waals surface area contributed by atoms with Crippen molar-refractivity contribution in [1.29, 1.82) is 0 Å². The second kappa shape index (κ2) is 5.23. The van der Waals surface area contributed by atoms with Crippen LogP contribution in [0.25, 0.3) is 0 Å². The Balaban J connectivity index is 2.22. The van der Waals surface area contributed by atoms with E-state index < -0.39 is 0 Å². The Morgan fingerprint density at radius 1 is 1.50 bits per heavy atom. The minimum absolute atomic E-state index is 0.136. The van der Waals surface area contributed by atoms with E-state index in [2.05, 4.69) is 15.1 Å². The summed E-state index contributed by atoms with van der Waals surface area (Å²) < 4.78 is 0. The van der Waals surface area contributed by atoms with Crippen molar-refractivity contribution in [2.75, 3.05) is 18.1 Å². The van der Waals surface area contributed by atoms with Crippen molar-refractivity contribution >= 4 is 5.82 Å². The van der Waals surface area contributed by atoms with Crippen molar-refractivity contribution in [3.63, 3.8) is 0 Å². The summed E-state index contributed by atoms with van der Waals surface area (Å²) >= 11 is 0. The van der Waals surface area contributed by atoms with Crippen LogP contribution >= 0.6 is 0 Å². The molecule has 0 radical (unpaired) electrons.